The zero-order chi connectivity index (χ0) is 28.2. The van der Waals surface area contributed by atoms with E-state index >= 15 is 0 Å². The van der Waals surface area contributed by atoms with Crippen LogP contribution in [0.3, 0.4) is 0 Å². The fourth-order valence-electron chi connectivity index (χ4n) is 4.92. The number of benzene rings is 5. The molecule has 0 aliphatic rings. The van der Waals surface area contributed by atoms with Crippen LogP contribution in [0.25, 0.3) is 37.7 Å². The number of thiophene rings is 1. The van der Waals surface area contributed by atoms with Crippen LogP contribution in [0.2, 0.25) is 0 Å². The van der Waals surface area contributed by atoms with Gasteiger partial charge in [0.2, 0.25) is 0 Å². The molecule has 196 valence electrons. The van der Waals surface area contributed by atoms with E-state index in [0.29, 0.717) is 5.56 Å². The summed E-state index contributed by atoms with van der Waals surface area (Å²) in [4.78, 5) is 15.7. The number of nitriles is 1. The van der Waals surface area contributed by atoms with Gasteiger partial charge in [0.15, 0.2) is 0 Å². The summed E-state index contributed by atoms with van der Waals surface area (Å²) in [6.07, 6.45) is 1.40. The molecule has 0 aliphatic heterocycles. The van der Waals surface area contributed by atoms with E-state index in [0.717, 1.165) is 37.9 Å². The van der Waals surface area contributed by atoms with Gasteiger partial charge in [-0.1, -0.05) is 84.9 Å². The Balaban J connectivity index is 1.33. The monoisotopic (exact) mass is 548 g/mol. The zero-order valence-corrected chi connectivity index (χ0v) is 22.8. The maximum atomic E-state index is 11.2. The fraction of sp³-hybridized carbons (Fsp3) is 0. The van der Waals surface area contributed by atoms with Gasteiger partial charge in [-0.05, 0) is 76.7 Å². The predicted molar refractivity (Wildman–Crippen MR) is 169 cm³/mol. The van der Waals surface area contributed by atoms with Crippen LogP contribution in [0.15, 0.2) is 139 Å². The van der Waals surface area contributed by atoms with E-state index in [1.165, 1.54) is 16.8 Å². The molecule has 0 saturated heterocycles. The highest BCUT2D eigenvalue weighted by atomic mass is 32.1. The summed E-state index contributed by atoms with van der Waals surface area (Å²) in [5.74, 6) is -1.23. The average Bonchev–Trinajstić information content (AvgIpc) is 3.52. The number of carboxylic acid groups (broad SMARTS) is 1. The third kappa shape index (κ3) is 5.38. The molecular formula is C36H24N2O2S. The summed E-state index contributed by atoms with van der Waals surface area (Å²) >= 11 is 1.67. The number of hydrogen-bond donors (Lipinski definition) is 1. The summed E-state index contributed by atoms with van der Waals surface area (Å²) in [7, 11) is 0. The third-order valence-electron chi connectivity index (χ3n) is 6.87. The van der Waals surface area contributed by atoms with Crippen LogP contribution in [0.5, 0.6) is 0 Å². The van der Waals surface area contributed by atoms with Gasteiger partial charge in [0, 0.05) is 26.5 Å². The van der Waals surface area contributed by atoms with E-state index in [2.05, 4.69) is 108 Å². The van der Waals surface area contributed by atoms with Crippen LogP contribution in [-0.2, 0) is 4.79 Å². The van der Waals surface area contributed by atoms with Crippen molar-refractivity contribution in [1.82, 2.24) is 0 Å². The van der Waals surface area contributed by atoms with Crippen molar-refractivity contribution in [3.63, 3.8) is 0 Å². The number of aliphatic carboxylic acids is 1. The van der Waals surface area contributed by atoms with Gasteiger partial charge in [0.25, 0.3) is 0 Å². The van der Waals surface area contributed by atoms with Crippen LogP contribution >= 0.6 is 11.3 Å². The molecule has 0 fully saturated rings. The first-order chi connectivity index (χ1) is 20.1. The van der Waals surface area contributed by atoms with Gasteiger partial charge >= 0.3 is 5.97 Å². The second kappa shape index (κ2) is 11.4. The van der Waals surface area contributed by atoms with Crippen LogP contribution in [0.1, 0.15) is 5.56 Å². The molecular weight excluding hydrogens is 524 g/mol. The minimum absolute atomic E-state index is 0.290. The molecule has 6 aromatic rings. The quantitative estimate of drug-likeness (QED) is 0.159. The molecule has 0 unspecified atom stereocenters. The number of carboxylic acids is 1. The highest BCUT2D eigenvalue weighted by molar-refractivity contribution is 7.18. The second-order valence-electron chi connectivity index (χ2n) is 9.48. The lowest BCUT2D eigenvalue weighted by Crippen LogP contribution is -2.10. The van der Waals surface area contributed by atoms with Gasteiger partial charge in [0.05, 0.1) is 5.69 Å². The van der Waals surface area contributed by atoms with Crippen molar-refractivity contribution in [1.29, 1.82) is 5.26 Å². The zero-order valence-electron chi connectivity index (χ0n) is 21.9. The Morgan fingerprint density at radius 1 is 0.707 bits per heavy atom. The molecule has 6 rings (SSSR count). The Labute approximate surface area is 242 Å². The molecule has 0 saturated carbocycles. The van der Waals surface area contributed by atoms with Gasteiger partial charge in [-0.15, -0.1) is 11.3 Å². The van der Waals surface area contributed by atoms with Crippen molar-refractivity contribution in [2.45, 2.75) is 0 Å². The second-order valence-corrected chi connectivity index (χ2v) is 10.6. The molecule has 0 spiro atoms. The molecule has 0 atom stereocenters. The summed E-state index contributed by atoms with van der Waals surface area (Å²) in [6.45, 7) is 0. The smallest absolute Gasteiger partial charge is 0.346 e. The molecule has 0 radical (unpaired) electrons. The first-order valence-corrected chi connectivity index (χ1v) is 13.9. The minimum atomic E-state index is -1.23. The van der Waals surface area contributed by atoms with Gasteiger partial charge in [0.1, 0.15) is 11.6 Å². The molecule has 5 aromatic carbocycles. The SMILES string of the molecule is N#C/C(=C\c1cccc(-c2ccc(-c3ccc(N(c4ccccc4)c4cccc5ccccc45)cc3)s2)c1)C(=O)O. The number of anilines is 3. The highest BCUT2D eigenvalue weighted by Crippen LogP contribution is 2.40. The molecule has 4 nitrogen and oxygen atoms in total. The lowest BCUT2D eigenvalue weighted by molar-refractivity contribution is -0.132. The molecule has 1 aromatic heterocycles. The van der Waals surface area contributed by atoms with Crippen LogP contribution in [0.4, 0.5) is 17.1 Å². The summed E-state index contributed by atoms with van der Waals surface area (Å²) in [5, 5.41) is 20.7. The lowest BCUT2D eigenvalue weighted by Gasteiger charge is -2.27. The van der Waals surface area contributed by atoms with Crippen LogP contribution in [-0.4, -0.2) is 11.1 Å². The van der Waals surface area contributed by atoms with Gasteiger partial charge in [-0.2, -0.15) is 5.26 Å². The number of para-hydroxylation sites is 1. The number of carbonyl (C=O) groups is 1. The number of rotatable bonds is 7. The molecule has 5 heteroatoms. The molecule has 1 heterocycles. The maximum absolute atomic E-state index is 11.2. The van der Waals surface area contributed by atoms with E-state index in [9.17, 15) is 9.90 Å². The Bertz CT molecular complexity index is 1930. The largest absolute Gasteiger partial charge is 0.477 e. The molecule has 41 heavy (non-hydrogen) atoms. The number of hydrogen-bond acceptors (Lipinski definition) is 4. The minimum Gasteiger partial charge on any atom is -0.477 e. The van der Waals surface area contributed by atoms with Crippen molar-refractivity contribution in [2.75, 3.05) is 4.90 Å². The standard InChI is InChI=1S/C36H24N2O2S/c37-24-29(36(39)40)23-25-8-6-11-28(22-25)35-21-20-34(41-35)27-16-18-31(19-17-27)38(30-12-2-1-3-13-30)33-15-7-10-26-9-4-5-14-32(26)33/h1-23H,(H,39,40)/b29-23+. The van der Waals surface area contributed by atoms with Crippen molar-refractivity contribution < 1.29 is 9.90 Å². The Kier molecular flexibility index (Phi) is 7.15. The summed E-state index contributed by atoms with van der Waals surface area (Å²) < 4.78 is 0. The summed E-state index contributed by atoms with van der Waals surface area (Å²) in [5.41, 5.74) is 5.75. The van der Waals surface area contributed by atoms with Crippen molar-refractivity contribution >= 4 is 51.2 Å². The van der Waals surface area contributed by atoms with E-state index in [4.69, 9.17) is 5.26 Å². The Morgan fingerprint density at radius 2 is 1.37 bits per heavy atom. The van der Waals surface area contributed by atoms with E-state index < -0.39 is 5.97 Å². The molecule has 0 bridgehead atoms. The summed E-state index contributed by atoms with van der Waals surface area (Å²) in [6, 6.07) is 47.3. The Hall–Kier alpha value is -5.44. The molecule has 0 aliphatic carbocycles. The average molecular weight is 549 g/mol. The Morgan fingerprint density at radius 3 is 2.12 bits per heavy atom. The van der Waals surface area contributed by atoms with E-state index in [1.807, 2.05) is 24.3 Å². The first-order valence-electron chi connectivity index (χ1n) is 13.1. The van der Waals surface area contributed by atoms with E-state index in [-0.39, 0.29) is 5.57 Å². The number of nitrogens with zero attached hydrogens (tertiary/aromatic N) is 2. The van der Waals surface area contributed by atoms with Gasteiger partial charge < -0.3 is 10.0 Å². The third-order valence-corrected chi connectivity index (χ3v) is 8.05. The normalized spacial score (nSPS) is 11.2. The fourth-order valence-corrected chi connectivity index (χ4v) is 5.93. The predicted octanol–water partition coefficient (Wildman–Crippen LogP) is 9.70. The number of fused-ring (bicyclic) bond motifs is 1. The van der Waals surface area contributed by atoms with Crippen LogP contribution < -0.4 is 4.90 Å². The van der Waals surface area contributed by atoms with Crippen molar-refractivity contribution in [3.8, 4) is 27.0 Å². The van der Waals surface area contributed by atoms with E-state index in [1.54, 1.807) is 23.5 Å². The van der Waals surface area contributed by atoms with Crippen molar-refractivity contribution in [3.05, 3.63) is 145 Å². The highest BCUT2D eigenvalue weighted by Gasteiger charge is 2.15. The van der Waals surface area contributed by atoms with Gasteiger partial charge in [-0.25, -0.2) is 4.79 Å². The molecule has 0 amide bonds. The van der Waals surface area contributed by atoms with Crippen LogP contribution in [0, 0.1) is 11.3 Å². The topological polar surface area (TPSA) is 64.3 Å². The van der Waals surface area contributed by atoms with Crippen molar-refractivity contribution in [2.24, 2.45) is 0 Å². The maximum Gasteiger partial charge on any atom is 0.346 e. The first kappa shape index (κ1) is 25.8. The lowest BCUT2D eigenvalue weighted by atomic mass is 10.1. The van der Waals surface area contributed by atoms with Gasteiger partial charge in [-0.3, -0.25) is 0 Å². The molecule has 1 N–H and O–H groups in total.